The smallest absolute Gasteiger partial charge is 0.0567 e. The average Bonchev–Trinajstić information content (AvgIpc) is 2.54. The van der Waals surface area contributed by atoms with E-state index in [0.29, 0.717) is 0 Å². The van der Waals surface area contributed by atoms with Crippen LogP contribution in [0.1, 0.15) is 39.5 Å². The van der Waals surface area contributed by atoms with Crippen LogP contribution in [0.15, 0.2) is 0 Å². The summed E-state index contributed by atoms with van der Waals surface area (Å²) in [6.07, 6.45) is 4.68. The fourth-order valence-electron chi connectivity index (χ4n) is 2.20. The molecule has 0 aromatic heterocycles. The molecule has 0 spiro atoms. The zero-order chi connectivity index (χ0) is 8.97. The van der Waals surface area contributed by atoms with Crippen molar-refractivity contribution < 1.29 is 5.11 Å². The van der Waals surface area contributed by atoms with Crippen LogP contribution in [0.5, 0.6) is 0 Å². The highest BCUT2D eigenvalue weighted by atomic mass is 16.3. The van der Waals surface area contributed by atoms with Gasteiger partial charge in [-0.25, -0.2) is 0 Å². The first kappa shape index (κ1) is 10.0. The SMILES string of the molecule is CC.OC1CCN2CCCC2C1. The molecule has 2 heterocycles. The van der Waals surface area contributed by atoms with Crippen LogP contribution in [0.4, 0.5) is 0 Å². The fourth-order valence-corrected chi connectivity index (χ4v) is 2.20. The minimum Gasteiger partial charge on any atom is -0.393 e. The molecule has 12 heavy (non-hydrogen) atoms. The van der Waals surface area contributed by atoms with Crippen LogP contribution < -0.4 is 0 Å². The topological polar surface area (TPSA) is 23.5 Å². The van der Waals surface area contributed by atoms with Crippen LogP contribution in [0, 0.1) is 0 Å². The second-order valence-corrected chi connectivity index (χ2v) is 3.51. The number of hydrogen-bond acceptors (Lipinski definition) is 2. The largest absolute Gasteiger partial charge is 0.393 e. The molecule has 2 aliphatic heterocycles. The highest BCUT2D eigenvalue weighted by Crippen LogP contribution is 2.26. The van der Waals surface area contributed by atoms with Crippen LogP contribution in [-0.2, 0) is 0 Å². The van der Waals surface area contributed by atoms with Crippen molar-refractivity contribution in [3.8, 4) is 0 Å². The Bertz CT molecular complexity index is 127. The van der Waals surface area contributed by atoms with Gasteiger partial charge in [0.1, 0.15) is 0 Å². The van der Waals surface area contributed by atoms with Gasteiger partial charge in [-0.05, 0) is 32.2 Å². The lowest BCUT2D eigenvalue weighted by molar-refractivity contribution is 0.0621. The predicted molar refractivity (Wildman–Crippen MR) is 51.2 cm³/mol. The van der Waals surface area contributed by atoms with Gasteiger partial charge in [0.25, 0.3) is 0 Å². The highest BCUT2D eigenvalue weighted by molar-refractivity contribution is 4.85. The average molecular weight is 171 g/mol. The number of aliphatic hydroxyl groups is 1. The zero-order valence-corrected chi connectivity index (χ0v) is 8.29. The van der Waals surface area contributed by atoms with Crippen LogP contribution in [0.25, 0.3) is 0 Å². The Kier molecular flexibility index (Phi) is 4.02. The molecule has 2 nitrogen and oxygen atoms in total. The van der Waals surface area contributed by atoms with E-state index in [1.165, 1.54) is 19.4 Å². The maximum absolute atomic E-state index is 9.33. The Morgan fingerprint density at radius 1 is 1.17 bits per heavy atom. The number of aliphatic hydroxyl groups excluding tert-OH is 1. The molecule has 0 saturated carbocycles. The Balaban J connectivity index is 0.000000336. The fraction of sp³-hybridized carbons (Fsp3) is 1.00. The molecule has 2 heteroatoms. The molecule has 1 N–H and O–H groups in total. The van der Waals surface area contributed by atoms with Gasteiger partial charge in [0.05, 0.1) is 6.10 Å². The second kappa shape index (κ2) is 4.83. The van der Waals surface area contributed by atoms with Crippen molar-refractivity contribution in [2.24, 2.45) is 0 Å². The lowest BCUT2D eigenvalue weighted by atomic mass is 10.0. The number of nitrogens with zero attached hydrogens (tertiary/aromatic N) is 1. The van der Waals surface area contributed by atoms with Gasteiger partial charge in [-0.2, -0.15) is 0 Å². The van der Waals surface area contributed by atoms with Gasteiger partial charge < -0.3 is 10.0 Å². The summed E-state index contributed by atoms with van der Waals surface area (Å²) in [7, 11) is 0. The van der Waals surface area contributed by atoms with E-state index in [1.54, 1.807) is 0 Å². The first-order valence-corrected chi connectivity index (χ1v) is 5.28. The first-order valence-electron chi connectivity index (χ1n) is 5.28. The minimum atomic E-state index is -0.000602. The molecule has 0 aromatic rings. The third kappa shape index (κ3) is 2.20. The maximum Gasteiger partial charge on any atom is 0.0567 e. The van der Waals surface area contributed by atoms with Gasteiger partial charge in [-0.3, -0.25) is 0 Å². The van der Waals surface area contributed by atoms with Crippen LogP contribution >= 0.6 is 0 Å². The Morgan fingerprint density at radius 2 is 1.92 bits per heavy atom. The lowest BCUT2D eigenvalue weighted by Gasteiger charge is -2.32. The summed E-state index contributed by atoms with van der Waals surface area (Å²) in [5.41, 5.74) is 0. The second-order valence-electron chi connectivity index (χ2n) is 3.51. The molecule has 2 fully saturated rings. The number of rotatable bonds is 0. The summed E-state index contributed by atoms with van der Waals surface area (Å²) in [4.78, 5) is 2.52. The molecule has 72 valence electrons. The molecule has 2 saturated heterocycles. The summed E-state index contributed by atoms with van der Waals surface area (Å²) in [5.74, 6) is 0. The van der Waals surface area contributed by atoms with Crippen molar-refractivity contribution in [1.29, 1.82) is 0 Å². The number of hydrogen-bond donors (Lipinski definition) is 1. The van der Waals surface area contributed by atoms with Crippen molar-refractivity contribution >= 4 is 0 Å². The van der Waals surface area contributed by atoms with Gasteiger partial charge in [0, 0.05) is 12.6 Å². The van der Waals surface area contributed by atoms with E-state index in [2.05, 4.69) is 4.90 Å². The van der Waals surface area contributed by atoms with Crippen molar-refractivity contribution in [1.82, 2.24) is 4.90 Å². The van der Waals surface area contributed by atoms with Gasteiger partial charge in [0.2, 0.25) is 0 Å². The summed E-state index contributed by atoms with van der Waals surface area (Å²) in [6, 6.07) is 0.726. The van der Waals surface area contributed by atoms with E-state index in [4.69, 9.17) is 0 Å². The van der Waals surface area contributed by atoms with Crippen molar-refractivity contribution in [3.63, 3.8) is 0 Å². The monoisotopic (exact) mass is 171 g/mol. The van der Waals surface area contributed by atoms with E-state index in [-0.39, 0.29) is 6.10 Å². The zero-order valence-electron chi connectivity index (χ0n) is 8.29. The lowest BCUT2D eigenvalue weighted by Crippen LogP contribution is -2.39. The number of piperidine rings is 1. The molecule has 0 amide bonds. The van der Waals surface area contributed by atoms with E-state index < -0.39 is 0 Å². The van der Waals surface area contributed by atoms with Crippen LogP contribution in [-0.4, -0.2) is 35.2 Å². The van der Waals surface area contributed by atoms with E-state index in [1.807, 2.05) is 13.8 Å². The summed E-state index contributed by atoms with van der Waals surface area (Å²) < 4.78 is 0. The molecule has 0 bridgehead atoms. The standard InChI is InChI=1S/C8H15NO.C2H6/c10-8-3-5-9-4-1-2-7(9)6-8;1-2/h7-8,10H,1-6H2;1-2H3. The molecule has 2 rings (SSSR count). The first-order chi connectivity index (χ1) is 5.86. The third-order valence-electron chi connectivity index (χ3n) is 2.79. The Morgan fingerprint density at radius 3 is 2.67 bits per heavy atom. The van der Waals surface area contributed by atoms with E-state index in [0.717, 1.165) is 25.4 Å². The predicted octanol–water partition coefficient (Wildman–Crippen LogP) is 1.63. The van der Waals surface area contributed by atoms with Gasteiger partial charge in [-0.15, -0.1) is 0 Å². The van der Waals surface area contributed by atoms with Gasteiger partial charge >= 0.3 is 0 Å². The quantitative estimate of drug-likeness (QED) is 0.599. The van der Waals surface area contributed by atoms with Crippen LogP contribution in [0.2, 0.25) is 0 Å². The normalized spacial score (nSPS) is 35.2. The summed E-state index contributed by atoms with van der Waals surface area (Å²) in [6.45, 7) is 6.41. The van der Waals surface area contributed by atoms with Crippen molar-refractivity contribution in [2.45, 2.75) is 51.7 Å². The maximum atomic E-state index is 9.33. The molecular weight excluding hydrogens is 150 g/mol. The third-order valence-corrected chi connectivity index (χ3v) is 2.79. The molecule has 2 atom stereocenters. The van der Waals surface area contributed by atoms with E-state index in [9.17, 15) is 5.11 Å². The highest BCUT2D eigenvalue weighted by Gasteiger charge is 2.30. The Labute approximate surface area is 75.6 Å². The van der Waals surface area contributed by atoms with Crippen molar-refractivity contribution in [3.05, 3.63) is 0 Å². The van der Waals surface area contributed by atoms with Gasteiger partial charge in [-0.1, -0.05) is 13.8 Å². The van der Waals surface area contributed by atoms with Gasteiger partial charge in [0.15, 0.2) is 0 Å². The van der Waals surface area contributed by atoms with E-state index >= 15 is 0 Å². The summed E-state index contributed by atoms with van der Waals surface area (Å²) in [5, 5.41) is 9.33. The van der Waals surface area contributed by atoms with Crippen molar-refractivity contribution in [2.75, 3.05) is 13.1 Å². The molecular formula is C10H21NO. The molecule has 2 aliphatic rings. The molecule has 0 aromatic carbocycles. The van der Waals surface area contributed by atoms with Crippen LogP contribution in [0.3, 0.4) is 0 Å². The number of fused-ring (bicyclic) bond motifs is 1. The minimum absolute atomic E-state index is 0.000602. The Hall–Kier alpha value is -0.0800. The molecule has 0 aliphatic carbocycles. The molecule has 2 unspecified atom stereocenters. The summed E-state index contributed by atoms with van der Waals surface area (Å²) >= 11 is 0. The molecule has 0 radical (unpaired) electrons.